The van der Waals surface area contributed by atoms with E-state index >= 15 is 0 Å². The van der Waals surface area contributed by atoms with Crippen molar-refractivity contribution in [1.82, 2.24) is 10.3 Å². The number of benzene rings is 1. The van der Waals surface area contributed by atoms with Crippen LogP contribution in [-0.4, -0.2) is 25.1 Å². The van der Waals surface area contributed by atoms with E-state index in [1.807, 2.05) is 35.7 Å². The molecule has 1 aromatic carbocycles. The van der Waals surface area contributed by atoms with Crippen LogP contribution >= 0.6 is 22.7 Å². The van der Waals surface area contributed by atoms with Crippen molar-refractivity contribution in [2.45, 2.75) is 6.54 Å². The first-order valence-corrected chi connectivity index (χ1v) is 8.95. The molecule has 0 aliphatic heterocycles. The maximum Gasteiger partial charge on any atom is 0.271 e. The van der Waals surface area contributed by atoms with Gasteiger partial charge in [0.25, 0.3) is 5.91 Å². The Labute approximate surface area is 147 Å². The second kappa shape index (κ2) is 7.46. The summed E-state index contributed by atoms with van der Waals surface area (Å²) >= 11 is 3.08. The molecule has 2 aromatic heterocycles. The van der Waals surface area contributed by atoms with E-state index in [9.17, 15) is 4.79 Å². The van der Waals surface area contributed by atoms with Gasteiger partial charge in [-0.3, -0.25) is 4.79 Å². The highest BCUT2D eigenvalue weighted by atomic mass is 32.1. The molecule has 3 rings (SSSR count). The summed E-state index contributed by atoms with van der Waals surface area (Å²) in [6.07, 6.45) is 0. The Morgan fingerprint density at radius 2 is 2.00 bits per heavy atom. The van der Waals surface area contributed by atoms with Crippen molar-refractivity contribution in [2.24, 2.45) is 0 Å². The number of carbonyl (C=O) groups is 1. The average Bonchev–Trinajstić information content (AvgIpc) is 3.30. The molecule has 7 heteroatoms. The number of rotatable bonds is 6. The third-order valence-electron chi connectivity index (χ3n) is 3.37. The number of aromatic nitrogens is 1. The standard InChI is InChI=1S/C17H16N2O3S2/c1-21-13-6-5-11(8-14(13)22-2)9-18-16(20)12-10-24-17(19-12)15-4-3-7-23-15/h3-8,10H,9H2,1-2H3,(H,18,20). The number of thiazole rings is 1. The van der Waals surface area contributed by atoms with Gasteiger partial charge in [0.05, 0.1) is 19.1 Å². The number of ether oxygens (including phenoxy) is 2. The first-order chi connectivity index (χ1) is 11.7. The van der Waals surface area contributed by atoms with Crippen LogP contribution in [0.5, 0.6) is 11.5 Å². The predicted molar refractivity (Wildman–Crippen MR) is 96.1 cm³/mol. The lowest BCUT2D eigenvalue weighted by Crippen LogP contribution is -2.23. The van der Waals surface area contributed by atoms with Gasteiger partial charge in [-0.25, -0.2) is 4.98 Å². The van der Waals surface area contributed by atoms with Gasteiger partial charge < -0.3 is 14.8 Å². The molecule has 0 bridgehead atoms. The summed E-state index contributed by atoms with van der Waals surface area (Å²) < 4.78 is 10.5. The largest absolute Gasteiger partial charge is 0.493 e. The molecule has 1 N–H and O–H groups in total. The maximum absolute atomic E-state index is 12.3. The van der Waals surface area contributed by atoms with Crippen LogP contribution in [0, 0.1) is 0 Å². The molecular formula is C17H16N2O3S2. The van der Waals surface area contributed by atoms with Crippen LogP contribution in [0.2, 0.25) is 0 Å². The molecule has 0 aliphatic rings. The van der Waals surface area contributed by atoms with Crippen LogP contribution < -0.4 is 14.8 Å². The summed E-state index contributed by atoms with van der Waals surface area (Å²) in [5.41, 5.74) is 1.36. The van der Waals surface area contributed by atoms with Crippen LogP contribution in [0.3, 0.4) is 0 Å². The third kappa shape index (κ3) is 3.58. The molecular weight excluding hydrogens is 344 g/mol. The lowest BCUT2D eigenvalue weighted by Gasteiger charge is -2.10. The zero-order valence-electron chi connectivity index (χ0n) is 13.2. The summed E-state index contributed by atoms with van der Waals surface area (Å²) in [5, 5.41) is 7.51. The zero-order chi connectivity index (χ0) is 16.9. The zero-order valence-corrected chi connectivity index (χ0v) is 14.9. The van der Waals surface area contributed by atoms with E-state index in [0.717, 1.165) is 15.4 Å². The molecule has 1 amide bonds. The van der Waals surface area contributed by atoms with Crippen molar-refractivity contribution in [2.75, 3.05) is 14.2 Å². The molecule has 24 heavy (non-hydrogen) atoms. The van der Waals surface area contributed by atoms with Crippen LogP contribution in [0.15, 0.2) is 41.1 Å². The van der Waals surface area contributed by atoms with E-state index < -0.39 is 0 Å². The number of hydrogen-bond acceptors (Lipinski definition) is 6. The Morgan fingerprint density at radius 1 is 1.17 bits per heavy atom. The van der Waals surface area contributed by atoms with Crippen molar-refractivity contribution < 1.29 is 14.3 Å². The van der Waals surface area contributed by atoms with E-state index in [4.69, 9.17) is 9.47 Å². The average molecular weight is 360 g/mol. The van der Waals surface area contributed by atoms with Crippen LogP contribution in [-0.2, 0) is 6.54 Å². The summed E-state index contributed by atoms with van der Waals surface area (Å²) in [6, 6.07) is 9.52. The molecule has 0 saturated carbocycles. The van der Waals surface area contributed by atoms with Gasteiger partial charge in [0, 0.05) is 11.9 Å². The smallest absolute Gasteiger partial charge is 0.271 e. The molecule has 0 radical (unpaired) electrons. The van der Waals surface area contributed by atoms with Crippen molar-refractivity contribution in [3.8, 4) is 21.4 Å². The fourth-order valence-corrected chi connectivity index (χ4v) is 3.77. The summed E-state index contributed by atoms with van der Waals surface area (Å²) in [7, 11) is 3.17. The van der Waals surface area contributed by atoms with Crippen LogP contribution in [0.25, 0.3) is 9.88 Å². The number of methoxy groups -OCH3 is 2. The van der Waals surface area contributed by atoms with E-state index in [2.05, 4.69) is 10.3 Å². The topological polar surface area (TPSA) is 60.5 Å². The predicted octanol–water partition coefficient (Wildman–Crippen LogP) is 3.82. The second-order valence-corrected chi connectivity index (χ2v) is 6.69. The van der Waals surface area contributed by atoms with Gasteiger partial charge in [0.15, 0.2) is 11.5 Å². The van der Waals surface area contributed by atoms with Gasteiger partial charge in [-0.05, 0) is 29.1 Å². The van der Waals surface area contributed by atoms with Gasteiger partial charge in [-0.15, -0.1) is 22.7 Å². The quantitative estimate of drug-likeness (QED) is 0.726. The molecule has 5 nitrogen and oxygen atoms in total. The summed E-state index contributed by atoms with van der Waals surface area (Å²) in [4.78, 5) is 17.7. The normalized spacial score (nSPS) is 10.4. The molecule has 2 heterocycles. The van der Waals surface area contributed by atoms with Crippen molar-refractivity contribution in [3.05, 3.63) is 52.3 Å². The highest BCUT2D eigenvalue weighted by Crippen LogP contribution is 2.28. The monoisotopic (exact) mass is 360 g/mol. The van der Waals surface area contributed by atoms with Crippen molar-refractivity contribution in [3.63, 3.8) is 0 Å². The minimum Gasteiger partial charge on any atom is -0.493 e. The molecule has 0 unspecified atom stereocenters. The first kappa shape index (κ1) is 16.5. The third-order valence-corrected chi connectivity index (χ3v) is 5.25. The van der Waals surface area contributed by atoms with E-state index in [0.29, 0.717) is 23.7 Å². The molecule has 0 spiro atoms. The van der Waals surface area contributed by atoms with E-state index in [1.54, 1.807) is 30.9 Å². The Morgan fingerprint density at radius 3 is 2.71 bits per heavy atom. The second-order valence-electron chi connectivity index (χ2n) is 4.89. The summed E-state index contributed by atoms with van der Waals surface area (Å²) in [6.45, 7) is 0.394. The number of nitrogens with zero attached hydrogens (tertiary/aromatic N) is 1. The minimum atomic E-state index is -0.191. The Bertz CT molecular complexity index is 828. The number of carbonyl (C=O) groups excluding carboxylic acids is 1. The van der Waals surface area contributed by atoms with E-state index in [1.165, 1.54) is 11.3 Å². The van der Waals surface area contributed by atoms with Crippen molar-refractivity contribution >= 4 is 28.6 Å². The molecule has 124 valence electrons. The number of thiophene rings is 1. The number of hydrogen-bond donors (Lipinski definition) is 1. The molecule has 0 saturated heterocycles. The lowest BCUT2D eigenvalue weighted by atomic mass is 10.2. The Kier molecular flexibility index (Phi) is 5.12. The highest BCUT2D eigenvalue weighted by Gasteiger charge is 2.12. The van der Waals surface area contributed by atoms with Gasteiger partial charge in [-0.1, -0.05) is 12.1 Å². The van der Waals surface area contributed by atoms with Gasteiger partial charge >= 0.3 is 0 Å². The fourth-order valence-electron chi connectivity index (χ4n) is 2.15. The summed E-state index contributed by atoms with van der Waals surface area (Å²) in [5.74, 6) is 1.11. The van der Waals surface area contributed by atoms with E-state index in [-0.39, 0.29) is 5.91 Å². The Hall–Kier alpha value is -2.38. The fraction of sp³-hybridized carbons (Fsp3) is 0.176. The maximum atomic E-state index is 12.3. The van der Waals surface area contributed by atoms with Gasteiger partial charge in [0.2, 0.25) is 0 Å². The van der Waals surface area contributed by atoms with Gasteiger partial charge in [-0.2, -0.15) is 0 Å². The molecule has 0 aliphatic carbocycles. The highest BCUT2D eigenvalue weighted by molar-refractivity contribution is 7.20. The van der Waals surface area contributed by atoms with Crippen LogP contribution in [0.1, 0.15) is 16.1 Å². The van der Waals surface area contributed by atoms with Crippen molar-refractivity contribution in [1.29, 1.82) is 0 Å². The minimum absolute atomic E-state index is 0.191. The number of nitrogens with one attached hydrogen (secondary N) is 1. The number of amides is 1. The Balaban J connectivity index is 1.65. The first-order valence-electron chi connectivity index (χ1n) is 7.19. The van der Waals surface area contributed by atoms with Crippen LogP contribution in [0.4, 0.5) is 0 Å². The molecule has 0 atom stereocenters. The molecule has 0 fully saturated rings. The SMILES string of the molecule is COc1ccc(CNC(=O)c2csc(-c3cccs3)n2)cc1OC. The van der Waals surface area contributed by atoms with Gasteiger partial charge in [0.1, 0.15) is 10.7 Å². The lowest BCUT2D eigenvalue weighted by molar-refractivity contribution is 0.0946. The molecule has 3 aromatic rings.